The van der Waals surface area contributed by atoms with E-state index in [-0.39, 0.29) is 6.42 Å². The first-order valence-electron chi connectivity index (χ1n) is 12.4. The maximum absolute atomic E-state index is 12.4. The number of aromatic nitrogens is 6. The number of aromatic amines is 1. The summed E-state index contributed by atoms with van der Waals surface area (Å²) in [6.07, 6.45) is 1.39. The number of fused-ring (bicyclic) bond motifs is 4. The Kier molecular flexibility index (Phi) is 6.63. The molecule has 0 spiro atoms. The van der Waals surface area contributed by atoms with Crippen molar-refractivity contribution in [3.8, 4) is 0 Å². The quantitative estimate of drug-likeness (QED) is 0.163. The number of aliphatic hydroxyl groups excluding tert-OH is 2. The standard InChI is InChI=1S/C24H26N8O7S/c1-25-24-29-22-18(21-26-8-9-31(21)24)28-12-32(22)23-20(35)19(34)16(39-23)11-38-40(36,37)30-17(33)7-6-13-10-27-15-5-3-2-4-14(13)15/h2-5,8-10,12,16,19-20,23,27,34-35H,6-7,11H2,1H3,(H,25,29)(H,30,33)/t16-,19-,20-,23-/m1/s1. The van der Waals surface area contributed by atoms with E-state index in [9.17, 15) is 23.4 Å². The number of hydrogen-bond donors (Lipinski definition) is 5. The van der Waals surface area contributed by atoms with Crippen LogP contribution in [0.15, 0.2) is 49.2 Å². The number of H-pyrrole nitrogens is 1. The number of aliphatic hydroxyl groups is 2. The largest absolute Gasteiger partial charge is 0.387 e. The van der Waals surface area contributed by atoms with Crippen LogP contribution in [0.4, 0.5) is 5.95 Å². The van der Waals surface area contributed by atoms with Gasteiger partial charge in [-0.05, 0) is 18.1 Å². The van der Waals surface area contributed by atoms with Crippen molar-refractivity contribution in [3.63, 3.8) is 0 Å². The second-order valence-electron chi connectivity index (χ2n) is 9.30. The first-order valence-corrected chi connectivity index (χ1v) is 13.8. The van der Waals surface area contributed by atoms with Crippen molar-refractivity contribution in [2.75, 3.05) is 19.0 Å². The van der Waals surface area contributed by atoms with E-state index >= 15 is 0 Å². The van der Waals surface area contributed by atoms with Gasteiger partial charge in [-0.25, -0.2) is 14.7 Å². The van der Waals surface area contributed by atoms with Crippen molar-refractivity contribution in [1.29, 1.82) is 0 Å². The van der Waals surface area contributed by atoms with Gasteiger partial charge in [0.2, 0.25) is 11.9 Å². The van der Waals surface area contributed by atoms with Gasteiger partial charge in [0.15, 0.2) is 23.0 Å². The molecule has 40 heavy (non-hydrogen) atoms. The number of anilines is 1. The number of carbonyl (C=O) groups excluding carboxylic acids is 1. The first-order chi connectivity index (χ1) is 19.3. The van der Waals surface area contributed by atoms with E-state index in [2.05, 4.69) is 25.3 Å². The number of ether oxygens (including phenoxy) is 1. The molecule has 0 saturated carbocycles. The zero-order chi connectivity index (χ0) is 28.0. The van der Waals surface area contributed by atoms with Gasteiger partial charge in [0.05, 0.1) is 12.9 Å². The maximum Gasteiger partial charge on any atom is 0.362 e. The summed E-state index contributed by atoms with van der Waals surface area (Å²) in [6, 6.07) is 7.58. The third-order valence-electron chi connectivity index (χ3n) is 6.82. The lowest BCUT2D eigenvalue weighted by Crippen LogP contribution is -2.37. The molecular formula is C24H26N8O7S. The van der Waals surface area contributed by atoms with Crippen LogP contribution in [0, 0.1) is 0 Å². The minimum Gasteiger partial charge on any atom is -0.387 e. The smallest absolute Gasteiger partial charge is 0.362 e. The molecule has 210 valence electrons. The van der Waals surface area contributed by atoms with Gasteiger partial charge in [0, 0.05) is 43.0 Å². The topological polar surface area (TPSA) is 198 Å². The summed E-state index contributed by atoms with van der Waals surface area (Å²) in [5.74, 6) is -0.293. The lowest BCUT2D eigenvalue weighted by molar-refractivity contribution is -0.119. The van der Waals surface area contributed by atoms with Crippen molar-refractivity contribution >= 4 is 49.9 Å². The van der Waals surface area contributed by atoms with Crippen molar-refractivity contribution in [2.45, 2.75) is 37.4 Å². The van der Waals surface area contributed by atoms with E-state index < -0.39 is 47.4 Å². The number of nitrogens with zero attached hydrogens (tertiary/aromatic N) is 5. The molecule has 5 aromatic rings. The summed E-state index contributed by atoms with van der Waals surface area (Å²) >= 11 is 0. The summed E-state index contributed by atoms with van der Waals surface area (Å²) in [4.78, 5) is 28.6. The molecule has 1 fully saturated rings. The monoisotopic (exact) mass is 570 g/mol. The lowest BCUT2D eigenvalue weighted by atomic mass is 10.1. The lowest BCUT2D eigenvalue weighted by Gasteiger charge is -2.17. The van der Waals surface area contributed by atoms with Gasteiger partial charge < -0.3 is 25.3 Å². The number of amides is 1. The Hall–Kier alpha value is -4.09. The average molecular weight is 571 g/mol. The Bertz CT molecular complexity index is 1810. The second-order valence-corrected chi connectivity index (χ2v) is 10.6. The SMILES string of the molecule is CNc1nc2c(ncn2[C@@H]2O[C@H](COS(=O)(=O)NC(=O)CCc3c[nH]c4ccccc34)[C@@H](O)[C@H]2O)c2nccn12. The highest BCUT2D eigenvalue weighted by atomic mass is 32.2. The van der Waals surface area contributed by atoms with Crippen LogP contribution in [0.5, 0.6) is 0 Å². The number of carbonyl (C=O) groups is 1. The molecule has 1 amide bonds. The molecule has 16 heteroatoms. The van der Waals surface area contributed by atoms with E-state index in [1.165, 1.54) is 10.9 Å². The van der Waals surface area contributed by atoms with Crippen LogP contribution in [0.3, 0.4) is 0 Å². The number of aryl methyl sites for hydroxylation is 1. The van der Waals surface area contributed by atoms with Crippen LogP contribution in [0.25, 0.3) is 27.7 Å². The van der Waals surface area contributed by atoms with E-state index in [1.54, 1.807) is 30.0 Å². The average Bonchev–Trinajstić information content (AvgIpc) is 3.72. The highest BCUT2D eigenvalue weighted by Gasteiger charge is 2.45. The maximum atomic E-state index is 12.4. The van der Waals surface area contributed by atoms with Gasteiger partial charge in [0.25, 0.3) is 0 Å². The van der Waals surface area contributed by atoms with Crippen molar-refractivity contribution < 1.29 is 32.3 Å². The predicted octanol–water partition coefficient (Wildman–Crippen LogP) is 0.232. The van der Waals surface area contributed by atoms with Crippen LogP contribution in [0.2, 0.25) is 0 Å². The molecular weight excluding hydrogens is 544 g/mol. The van der Waals surface area contributed by atoms with Gasteiger partial charge in [-0.3, -0.25) is 17.9 Å². The predicted molar refractivity (Wildman–Crippen MR) is 141 cm³/mol. The molecule has 4 atom stereocenters. The van der Waals surface area contributed by atoms with Crippen LogP contribution in [0.1, 0.15) is 18.2 Å². The molecule has 1 aromatic carbocycles. The van der Waals surface area contributed by atoms with Crippen molar-refractivity contribution in [1.82, 2.24) is 33.6 Å². The van der Waals surface area contributed by atoms with Gasteiger partial charge in [-0.2, -0.15) is 13.4 Å². The summed E-state index contributed by atoms with van der Waals surface area (Å²) in [5, 5.41) is 25.2. The molecule has 0 aliphatic carbocycles. The van der Waals surface area contributed by atoms with Gasteiger partial charge in [-0.1, -0.05) is 18.2 Å². The Morgan fingerprint density at radius 1 is 1.20 bits per heavy atom. The molecule has 0 bridgehead atoms. The second kappa shape index (κ2) is 10.1. The number of imidazole rings is 2. The highest BCUT2D eigenvalue weighted by Crippen LogP contribution is 2.33. The Labute approximate surface area is 227 Å². The Morgan fingerprint density at radius 2 is 2.02 bits per heavy atom. The fraction of sp³-hybridized carbons (Fsp3) is 0.333. The normalized spacial score (nSPS) is 21.5. The van der Waals surface area contributed by atoms with E-state index in [0.29, 0.717) is 29.2 Å². The molecule has 6 rings (SSSR count). The zero-order valence-electron chi connectivity index (χ0n) is 21.1. The number of rotatable bonds is 9. The molecule has 0 unspecified atom stereocenters. The summed E-state index contributed by atoms with van der Waals surface area (Å²) in [6.45, 7) is -0.647. The van der Waals surface area contributed by atoms with Crippen molar-refractivity contribution in [2.24, 2.45) is 0 Å². The van der Waals surface area contributed by atoms with Crippen LogP contribution in [-0.2, 0) is 30.4 Å². The van der Waals surface area contributed by atoms with Gasteiger partial charge in [-0.15, -0.1) is 0 Å². The molecule has 1 saturated heterocycles. The third kappa shape index (κ3) is 4.65. The molecule has 4 aromatic heterocycles. The van der Waals surface area contributed by atoms with Crippen LogP contribution < -0.4 is 10.0 Å². The van der Waals surface area contributed by atoms with Crippen molar-refractivity contribution in [3.05, 3.63) is 54.7 Å². The van der Waals surface area contributed by atoms with Crippen LogP contribution >= 0.6 is 0 Å². The fourth-order valence-electron chi connectivity index (χ4n) is 4.85. The summed E-state index contributed by atoms with van der Waals surface area (Å²) in [5.41, 5.74) is 3.08. The molecule has 1 aliphatic heterocycles. The minimum absolute atomic E-state index is 0.0904. The van der Waals surface area contributed by atoms with Crippen LogP contribution in [-0.4, -0.2) is 85.4 Å². The summed E-state index contributed by atoms with van der Waals surface area (Å²) in [7, 11) is -2.82. The molecule has 1 aliphatic rings. The molecule has 0 radical (unpaired) electrons. The van der Waals surface area contributed by atoms with E-state index in [4.69, 9.17) is 8.92 Å². The molecule has 5 N–H and O–H groups in total. The number of para-hydroxylation sites is 1. The van der Waals surface area contributed by atoms with E-state index in [1.807, 2.05) is 29.0 Å². The number of nitrogens with one attached hydrogen (secondary N) is 3. The van der Waals surface area contributed by atoms with E-state index in [0.717, 1.165) is 16.5 Å². The van der Waals surface area contributed by atoms with Gasteiger partial charge >= 0.3 is 10.3 Å². The fourth-order valence-corrected chi connectivity index (χ4v) is 5.60. The summed E-state index contributed by atoms with van der Waals surface area (Å²) < 4.78 is 40.5. The third-order valence-corrected chi connectivity index (χ3v) is 7.74. The Morgan fingerprint density at radius 3 is 2.85 bits per heavy atom. The minimum atomic E-state index is -4.51. The highest BCUT2D eigenvalue weighted by molar-refractivity contribution is 7.85. The molecule has 5 heterocycles. The number of benzene rings is 1. The Balaban J connectivity index is 1.10. The first kappa shape index (κ1) is 26.1. The zero-order valence-corrected chi connectivity index (χ0v) is 21.9. The van der Waals surface area contributed by atoms with Gasteiger partial charge in [0.1, 0.15) is 18.3 Å². The molecule has 15 nitrogen and oxygen atoms in total. The number of hydrogen-bond acceptors (Lipinski definition) is 11.